The molecule has 4 rings (SSSR count). The normalized spacial score (nSPS) is 11.5. The van der Waals surface area contributed by atoms with Crippen LogP contribution >= 0.6 is 0 Å². The van der Waals surface area contributed by atoms with Crippen LogP contribution in [0.2, 0.25) is 0 Å². The first kappa shape index (κ1) is 20.0. The van der Waals surface area contributed by atoms with Gasteiger partial charge in [0.1, 0.15) is 5.75 Å². The molecule has 0 unspecified atom stereocenters. The highest BCUT2D eigenvalue weighted by atomic mass is 16.3. The van der Waals surface area contributed by atoms with Crippen molar-refractivity contribution in [3.8, 4) is 5.75 Å². The molecule has 0 aliphatic rings. The molecule has 4 aromatic rings. The van der Waals surface area contributed by atoms with Gasteiger partial charge >= 0.3 is 5.91 Å². The van der Waals surface area contributed by atoms with Crippen LogP contribution in [0.15, 0.2) is 88.8 Å². The predicted octanol–water partition coefficient (Wildman–Crippen LogP) is 3.30. The molecule has 0 aliphatic carbocycles. The lowest BCUT2D eigenvalue weighted by atomic mass is 10.1. The van der Waals surface area contributed by atoms with Crippen LogP contribution in [0, 0.1) is 0 Å². The number of nitrogens with zero attached hydrogens (tertiary/aromatic N) is 3. The minimum absolute atomic E-state index is 0.0404. The number of para-hydroxylation sites is 2. The Bertz CT molecular complexity index is 1340. The minimum atomic E-state index is -0.617. The number of aromatic hydroxyl groups is 1. The van der Waals surface area contributed by atoms with Crippen molar-refractivity contribution in [2.45, 2.75) is 13.5 Å². The van der Waals surface area contributed by atoms with Gasteiger partial charge in [-0.05, 0) is 36.8 Å². The molecule has 0 saturated heterocycles. The van der Waals surface area contributed by atoms with Crippen LogP contribution in [0.4, 0.5) is 0 Å². The Hall–Kier alpha value is -4.26. The number of hydrogen-bond acceptors (Lipinski definition) is 5. The molecule has 154 valence electrons. The Labute approximate surface area is 178 Å². The monoisotopic (exact) mass is 412 g/mol. The summed E-state index contributed by atoms with van der Waals surface area (Å²) >= 11 is 0. The maximum Gasteiger partial charge on any atom is 0.307 e. The van der Waals surface area contributed by atoms with Gasteiger partial charge in [-0.2, -0.15) is 5.10 Å². The molecule has 1 amide bonds. The van der Waals surface area contributed by atoms with E-state index < -0.39 is 5.91 Å². The number of rotatable bonds is 5. The van der Waals surface area contributed by atoms with Crippen LogP contribution in [0.3, 0.4) is 0 Å². The van der Waals surface area contributed by atoms with Gasteiger partial charge in [0, 0.05) is 5.56 Å². The van der Waals surface area contributed by atoms with Gasteiger partial charge in [-0.1, -0.05) is 54.6 Å². The van der Waals surface area contributed by atoms with Gasteiger partial charge in [0.2, 0.25) is 5.82 Å². The summed E-state index contributed by atoms with van der Waals surface area (Å²) in [4.78, 5) is 30.5. The third-order valence-corrected chi connectivity index (χ3v) is 4.87. The minimum Gasteiger partial charge on any atom is -0.507 e. The van der Waals surface area contributed by atoms with Crippen molar-refractivity contribution < 1.29 is 9.90 Å². The predicted molar refractivity (Wildman–Crippen MR) is 119 cm³/mol. The maximum absolute atomic E-state index is 13.1. The second kappa shape index (κ2) is 8.62. The summed E-state index contributed by atoms with van der Waals surface area (Å²) in [6.45, 7) is 1.86. The second-order valence-corrected chi connectivity index (χ2v) is 6.98. The Morgan fingerprint density at radius 1 is 1.00 bits per heavy atom. The van der Waals surface area contributed by atoms with E-state index >= 15 is 0 Å². The van der Waals surface area contributed by atoms with Gasteiger partial charge in [-0.3, -0.25) is 14.2 Å². The Morgan fingerprint density at radius 3 is 2.45 bits per heavy atom. The largest absolute Gasteiger partial charge is 0.507 e. The highest BCUT2D eigenvalue weighted by Gasteiger charge is 2.18. The summed E-state index contributed by atoms with van der Waals surface area (Å²) in [6, 6.07) is 23.0. The molecule has 0 fully saturated rings. The third-order valence-electron chi connectivity index (χ3n) is 4.87. The van der Waals surface area contributed by atoms with Gasteiger partial charge in [0.05, 0.1) is 23.2 Å². The van der Waals surface area contributed by atoms with E-state index in [9.17, 15) is 14.7 Å². The quantitative estimate of drug-likeness (QED) is 0.388. The van der Waals surface area contributed by atoms with E-state index in [2.05, 4.69) is 15.5 Å². The van der Waals surface area contributed by atoms with E-state index in [1.807, 2.05) is 30.3 Å². The fraction of sp³-hybridized carbons (Fsp3) is 0.0833. The molecule has 7 nitrogen and oxygen atoms in total. The van der Waals surface area contributed by atoms with Gasteiger partial charge in [-0.25, -0.2) is 10.4 Å². The zero-order valence-electron chi connectivity index (χ0n) is 16.8. The van der Waals surface area contributed by atoms with Crippen LogP contribution in [0.1, 0.15) is 28.7 Å². The molecular formula is C24H20N4O3. The van der Waals surface area contributed by atoms with Crippen LogP contribution in [-0.2, 0) is 6.54 Å². The van der Waals surface area contributed by atoms with Crippen LogP contribution in [-0.4, -0.2) is 26.3 Å². The van der Waals surface area contributed by atoms with Gasteiger partial charge in [0.25, 0.3) is 5.56 Å². The molecule has 7 heteroatoms. The number of carbonyl (C=O) groups is 1. The van der Waals surface area contributed by atoms with E-state index in [-0.39, 0.29) is 23.7 Å². The summed E-state index contributed by atoms with van der Waals surface area (Å²) < 4.78 is 1.35. The highest BCUT2D eigenvalue weighted by molar-refractivity contribution is 6.02. The first-order chi connectivity index (χ1) is 15.0. The standard InChI is InChI=1S/C24H20N4O3/c1-16(18-11-6-8-14-21(18)29)26-27-23(30)22-25-20-13-7-5-12-19(20)24(31)28(22)15-17-9-3-2-4-10-17/h2-14,29H,15H2,1H3,(H,27,30)/b26-16-. The lowest BCUT2D eigenvalue weighted by Gasteiger charge is -2.13. The SMILES string of the molecule is C/C(=N/NC(=O)c1nc2ccccc2c(=O)n1Cc1ccccc1)c1ccccc1O. The lowest BCUT2D eigenvalue weighted by molar-refractivity contribution is 0.0939. The molecular weight excluding hydrogens is 392 g/mol. The van der Waals surface area contributed by atoms with Gasteiger partial charge < -0.3 is 5.11 Å². The number of hydrazone groups is 1. The number of benzene rings is 3. The van der Waals surface area contributed by atoms with Crippen molar-refractivity contribution in [3.63, 3.8) is 0 Å². The molecule has 31 heavy (non-hydrogen) atoms. The van der Waals surface area contributed by atoms with Crippen LogP contribution in [0.5, 0.6) is 5.75 Å². The van der Waals surface area contributed by atoms with E-state index in [4.69, 9.17) is 0 Å². The average molecular weight is 412 g/mol. The Kier molecular flexibility index (Phi) is 5.57. The van der Waals surface area contributed by atoms with Crippen molar-refractivity contribution in [1.29, 1.82) is 0 Å². The summed E-state index contributed by atoms with van der Waals surface area (Å²) in [5.74, 6) is -0.599. The van der Waals surface area contributed by atoms with Crippen molar-refractivity contribution in [2.24, 2.45) is 5.10 Å². The number of phenols is 1. The van der Waals surface area contributed by atoms with Gasteiger partial charge in [0.15, 0.2) is 0 Å². The zero-order chi connectivity index (χ0) is 21.8. The fourth-order valence-corrected chi connectivity index (χ4v) is 3.28. The number of aromatic nitrogens is 2. The third kappa shape index (κ3) is 4.20. The van der Waals surface area contributed by atoms with Crippen LogP contribution in [0.25, 0.3) is 10.9 Å². The first-order valence-electron chi connectivity index (χ1n) is 9.71. The number of phenolic OH excluding ortho intramolecular Hbond substituents is 1. The van der Waals surface area contributed by atoms with Gasteiger partial charge in [-0.15, -0.1) is 0 Å². The topological polar surface area (TPSA) is 96.6 Å². The number of nitrogens with one attached hydrogen (secondary N) is 1. The van der Waals surface area contributed by atoms with Crippen LogP contribution < -0.4 is 11.0 Å². The number of hydrogen-bond donors (Lipinski definition) is 2. The first-order valence-corrected chi connectivity index (χ1v) is 9.71. The molecule has 0 saturated carbocycles. The molecule has 0 bridgehead atoms. The molecule has 1 aromatic heterocycles. The molecule has 2 N–H and O–H groups in total. The zero-order valence-corrected chi connectivity index (χ0v) is 16.8. The molecule has 1 heterocycles. The molecule has 0 aliphatic heterocycles. The summed E-state index contributed by atoms with van der Waals surface area (Å²) in [5.41, 5.74) is 4.37. The van der Waals surface area contributed by atoms with Crippen molar-refractivity contribution in [3.05, 3.63) is 106 Å². The maximum atomic E-state index is 13.1. The average Bonchev–Trinajstić information content (AvgIpc) is 2.80. The van der Waals surface area contributed by atoms with E-state index in [1.165, 1.54) is 4.57 Å². The molecule has 3 aromatic carbocycles. The number of fused-ring (bicyclic) bond motifs is 1. The van der Waals surface area contributed by atoms with Crippen molar-refractivity contribution >= 4 is 22.5 Å². The highest BCUT2D eigenvalue weighted by Crippen LogP contribution is 2.16. The number of amides is 1. The molecule has 0 spiro atoms. The van der Waals surface area contributed by atoms with E-state index in [1.54, 1.807) is 55.5 Å². The fourth-order valence-electron chi connectivity index (χ4n) is 3.28. The summed E-state index contributed by atoms with van der Waals surface area (Å²) in [7, 11) is 0. The Morgan fingerprint density at radius 2 is 1.68 bits per heavy atom. The van der Waals surface area contributed by atoms with Crippen molar-refractivity contribution in [1.82, 2.24) is 15.0 Å². The second-order valence-electron chi connectivity index (χ2n) is 6.98. The summed E-state index contributed by atoms with van der Waals surface area (Å²) in [5, 5.41) is 14.5. The summed E-state index contributed by atoms with van der Waals surface area (Å²) in [6.07, 6.45) is 0. The number of carbonyl (C=O) groups excluding carboxylic acids is 1. The smallest absolute Gasteiger partial charge is 0.307 e. The van der Waals surface area contributed by atoms with Crippen molar-refractivity contribution in [2.75, 3.05) is 0 Å². The molecule has 0 atom stereocenters. The Balaban J connectivity index is 1.74. The van der Waals surface area contributed by atoms with E-state index in [0.717, 1.165) is 5.56 Å². The molecule has 0 radical (unpaired) electrons. The lowest BCUT2D eigenvalue weighted by Crippen LogP contribution is -2.32. The van der Waals surface area contributed by atoms with E-state index in [0.29, 0.717) is 22.2 Å².